The SMILES string of the molecule is C#CC[C@@H](C)[C@](O[Si](C)(C)C)(C(=O)OC)[C@]1(C)C=CCCC1. The average molecular weight is 323 g/mol. The second kappa shape index (κ2) is 7.02. The molecule has 0 aromatic carbocycles. The van der Waals surface area contributed by atoms with Crippen molar-refractivity contribution in [2.75, 3.05) is 7.11 Å². The topological polar surface area (TPSA) is 35.5 Å². The fourth-order valence-electron chi connectivity index (χ4n) is 3.53. The van der Waals surface area contributed by atoms with E-state index in [2.05, 4.69) is 44.6 Å². The van der Waals surface area contributed by atoms with Crippen molar-refractivity contribution < 1.29 is 14.0 Å². The molecule has 1 aliphatic rings. The van der Waals surface area contributed by atoms with E-state index in [9.17, 15) is 4.79 Å². The van der Waals surface area contributed by atoms with Gasteiger partial charge < -0.3 is 9.16 Å². The zero-order valence-corrected chi connectivity index (χ0v) is 15.9. The van der Waals surface area contributed by atoms with E-state index in [0.29, 0.717) is 6.42 Å². The van der Waals surface area contributed by atoms with Gasteiger partial charge in [-0.3, -0.25) is 0 Å². The highest BCUT2D eigenvalue weighted by atomic mass is 28.4. The molecule has 0 saturated carbocycles. The van der Waals surface area contributed by atoms with Crippen molar-refractivity contribution in [3.63, 3.8) is 0 Å². The molecule has 1 aliphatic carbocycles. The summed E-state index contributed by atoms with van der Waals surface area (Å²) in [5, 5.41) is 0. The summed E-state index contributed by atoms with van der Waals surface area (Å²) in [5.74, 6) is 2.29. The van der Waals surface area contributed by atoms with Gasteiger partial charge in [0.2, 0.25) is 0 Å². The van der Waals surface area contributed by atoms with Crippen LogP contribution in [0.1, 0.15) is 39.5 Å². The van der Waals surface area contributed by atoms with Gasteiger partial charge in [0, 0.05) is 17.8 Å². The van der Waals surface area contributed by atoms with Crippen molar-refractivity contribution in [2.45, 2.75) is 64.8 Å². The molecule has 0 aromatic heterocycles. The van der Waals surface area contributed by atoms with Crippen LogP contribution in [0, 0.1) is 23.7 Å². The zero-order chi connectivity index (χ0) is 17.0. The van der Waals surface area contributed by atoms with Gasteiger partial charge in [0.25, 0.3) is 0 Å². The maximum Gasteiger partial charge on any atom is 0.338 e. The summed E-state index contributed by atoms with van der Waals surface area (Å²) >= 11 is 0. The number of ether oxygens (including phenoxy) is 1. The third-order valence-electron chi connectivity index (χ3n) is 4.47. The number of carbonyl (C=O) groups excluding carboxylic acids is 1. The van der Waals surface area contributed by atoms with Crippen LogP contribution in [-0.4, -0.2) is 27.0 Å². The normalized spacial score (nSPS) is 25.9. The first-order valence-corrected chi connectivity index (χ1v) is 11.4. The third kappa shape index (κ3) is 3.64. The number of terminal acetylenes is 1. The number of methoxy groups -OCH3 is 1. The van der Waals surface area contributed by atoms with Crippen LogP contribution in [-0.2, 0) is 14.0 Å². The Morgan fingerprint density at radius 3 is 2.55 bits per heavy atom. The highest BCUT2D eigenvalue weighted by Crippen LogP contribution is 2.50. The van der Waals surface area contributed by atoms with Crippen LogP contribution >= 0.6 is 0 Å². The molecule has 0 aromatic rings. The number of carbonyl (C=O) groups is 1. The Labute approximate surface area is 136 Å². The maximum atomic E-state index is 12.9. The van der Waals surface area contributed by atoms with E-state index in [4.69, 9.17) is 15.6 Å². The first-order valence-electron chi connectivity index (χ1n) is 8.03. The van der Waals surface area contributed by atoms with E-state index in [-0.39, 0.29) is 11.9 Å². The number of rotatable bonds is 6. The highest BCUT2D eigenvalue weighted by molar-refractivity contribution is 6.70. The van der Waals surface area contributed by atoms with E-state index in [1.807, 2.05) is 6.92 Å². The molecule has 0 heterocycles. The molecule has 4 heteroatoms. The van der Waals surface area contributed by atoms with E-state index in [1.165, 1.54) is 7.11 Å². The molecule has 0 amide bonds. The molecule has 3 atom stereocenters. The molecular weight excluding hydrogens is 292 g/mol. The highest BCUT2D eigenvalue weighted by Gasteiger charge is 2.59. The Kier molecular flexibility index (Phi) is 6.06. The number of hydrogen-bond acceptors (Lipinski definition) is 3. The van der Waals surface area contributed by atoms with Crippen molar-refractivity contribution in [1.29, 1.82) is 0 Å². The standard InChI is InChI=1S/C18H30O3Si/c1-8-12-15(2)18(16(19)20-4,21-22(5,6)7)17(3)13-10-9-11-14-17/h1,10,13,15H,9,11-12,14H2,2-7H3/t15-,17-,18+/m1/s1. The van der Waals surface area contributed by atoms with E-state index >= 15 is 0 Å². The van der Waals surface area contributed by atoms with Crippen LogP contribution in [0.5, 0.6) is 0 Å². The van der Waals surface area contributed by atoms with Crippen molar-refractivity contribution in [1.82, 2.24) is 0 Å². The lowest BCUT2D eigenvalue weighted by Crippen LogP contribution is -2.62. The minimum Gasteiger partial charge on any atom is -0.467 e. The van der Waals surface area contributed by atoms with Gasteiger partial charge >= 0.3 is 5.97 Å². The lowest BCUT2D eigenvalue weighted by Gasteiger charge is -2.51. The Bertz CT molecular complexity index is 472. The summed E-state index contributed by atoms with van der Waals surface area (Å²) in [6.45, 7) is 10.4. The summed E-state index contributed by atoms with van der Waals surface area (Å²) in [6.07, 6.45) is 13.3. The van der Waals surface area contributed by atoms with Gasteiger partial charge in [-0.05, 0) is 38.9 Å². The van der Waals surface area contributed by atoms with Gasteiger partial charge in [-0.2, -0.15) is 0 Å². The zero-order valence-electron chi connectivity index (χ0n) is 14.9. The third-order valence-corrected chi connectivity index (χ3v) is 5.41. The average Bonchev–Trinajstić information content (AvgIpc) is 2.43. The molecule has 0 aliphatic heterocycles. The van der Waals surface area contributed by atoms with Crippen LogP contribution in [0.2, 0.25) is 19.6 Å². The van der Waals surface area contributed by atoms with Crippen molar-refractivity contribution >= 4 is 14.3 Å². The van der Waals surface area contributed by atoms with Crippen LogP contribution < -0.4 is 0 Å². The van der Waals surface area contributed by atoms with Crippen molar-refractivity contribution in [2.24, 2.45) is 11.3 Å². The summed E-state index contributed by atoms with van der Waals surface area (Å²) < 4.78 is 11.8. The van der Waals surface area contributed by atoms with Crippen LogP contribution in [0.15, 0.2) is 12.2 Å². The van der Waals surface area contributed by atoms with E-state index in [0.717, 1.165) is 19.3 Å². The molecule has 0 N–H and O–H groups in total. The predicted octanol–water partition coefficient (Wildman–Crippen LogP) is 4.16. The summed E-state index contributed by atoms with van der Waals surface area (Å²) in [4.78, 5) is 12.9. The molecule has 22 heavy (non-hydrogen) atoms. The van der Waals surface area contributed by atoms with Crippen LogP contribution in [0.4, 0.5) is 0 Å². The van der Waals surface area contributed by atoms with Crippen LogP contribution in [0.3, 0.4) is 0 Å². The van der Waals surface area contributed by atoms with Crippen LogP contribution in [0.25, 0.3) is 0 Å². The molecule has 0 bridgehead atoms. The Morgan fingerprint density at radius 1 is 1.50 bits per heavy atom. The van der Waals surface area contributed by atoms with E-state index < -0.39 is 19.3 Å². The Hall–Kier alpha value is -1.05. The molecule has 124 valence electrons. The lowest BCUT2D eigenvalue weighted by atomic mass is 9.62. The summed E-state index contributed by atoms with van der Waals surface area (Å²) in [6, 6.07) is 0. The minimum absolute atomic E-state index is 0.107. The van der Waals surface area contributed by atoms with Gasteiger partial charge in [-0.25, -0.2) is 4.79 Å². The molecule has 1 rings (SSSR count). The Balaban J connectivity index is 3.50. The van der Waals surface area contributed by atoms with E-state index in [1.54, 1.807) is 0 Å². The Morgan fingerprint density at radius 2 is 2.14 bits per heavy atom. The van der Waals surface area contributed by atoms with Gasteiger partial charge in [0.1, 0.15) is 0 Å². The van der Waals surface area contributed by atoms with Gasteiger partial charge in [0.05, 0.1) is 7.11 Å². The summed E-state index contributed by atoms with van der Waals surface area (Å²) in [7, 11) is -0.564. The molecule has 0 unspecified atom stereocenters. The van der Waals surface area contributed by atoms with Crippen molar-refractivity contribution in [3.8, 4) is 12.3 Å². The fourth-order valence-corrected chi connectivity index (χ4v) is 5.02. The van der Waals surface area contributed by atoms with Gasteiger partial charge in [-0.1, -0.05) is 26.0 Å². The molecule has 0 fully saturated rings. The van der Waals surface area contributed by atoms with Gasteiger partial charge in [-0.15, -0.1) is 12.3 Å². The fraction of sp³-hybridized carbons (Fsp3) is 0.722. The molecule has 3 nitrogen and oxygen atoms in total. The molecule has 0 saturated heterocycles. The minimum atomic E-state index is -2.00. The molecule has 0 radical (unpaired) electrons. The first kappa shape index (κ1) is 19.0. The number of hydrogen-bond donors (Lipinski definition) is 0. The first-order chi connectivity index (χ1) is 10.1. The number of esters is 1. The monoisotopic (exact) mass is 322 g/mol. The maximum absolute atomic E-state index is 12.9. The molecule has 0 spiro atoms. The largest absolute Gasteiger partial charge is 0.467 e. The van der Waals surface area contributed by atoms with Gasteiger partial charge in [0.15, 0.2) is 13.9 Å². The molecular formula is C18H30O3Si. The number of allylic oxidation sites excluding steroid dienone is 1. The summed E-state index contributed by atoms with van der Waals surface area (Å²) in [5.41, 5.74) is -1.41. The second-order valence-corrected chi connectivity index (χ2v) is 11.9. The quantitative estimate of drug-likeness (QED) is 0.319. The predicted molar refractivity (Wildman–Crippen MR) is 92.9 cm³/mol. The van der Waals surface area contributed by atoms with Crippen molar-refractivity contribution in [3.05, 3.63) is 12.2 Å². The second-order valence-electron chi connectivity index (χ2n) is 7.46. The smallest absolute Gasteiger partial charge is 0.338 e. The lowest BCUT2D eigenvalue weighted by molar-refractivity contribution is -0.179.